The van der Waals surface area contributed by atoms with Gasteiger partial charge in [0.25, 0.3) is 0 Å². The van der Waals surface area contributed by atoms with Gasteiger partial charge in [-0.25, -0.2) is 4.79 Å². The van der Waals surface area contributed by atoms with Crippen molar-refractivity contribution in [2.45, 2.75) is 32.3 Å². The minimum absolute atomic E-state index is 0.0105. The summed E-state index contributed by atoms with van der Waals surface area (Å²) < 4.78 is 43.3. The molecule has 1 aromatic rings. The lowest BCUT2D eigenvalue weighted by molar-refractivity contribution is -0.122. The first-order valence-corrected chi connectivity index (χ1v) is 11.8. The second kappa shape index (κ2) is 11.5. The van der Waals surface area contributed by atoms with Gasteiger partial charge in [0.15, 0.2) is 0 Å². The number of alkyl carbamates (subject to hydrolysis) is 1. The van der Waals surface area contributed by atoms with Crippen LogP contribution in [0.1, 0.15) is 32.3 Å². The third-order valence-electron chi connectivity index (χ3n) is 4.56. The van der Waals surface area contributed by atoms with E-state index in [1.54, 1.807) is 32.9 Å². The number of amides is 2. The van der Waals surface area contributed by atoms with Crippen LogP contribution < -0.4 is 15.4 Å². The van der Waals surface area contributed by atoms with Crippen LogP contribution in [0.4, 0.5) is 10.5 Å². The first kappa shape index (κ1) is 25.8. The molecule has 0 aliphatic carbocycles. The number of hydrogen-bond acceptors (Lipinski definition) is 7. The molecule has 1 aliphatic heterocycles. The van der Waals surface area contributed by atoms with Crippen LogP contribution in [-0.2, 0) is 24.6 Å². The molecule has 0 bridgehead atoms. The van der Waals surface area contributed by atoms with E-state index in [0.29, 0.717) is 31.9 Å². The number of nitrogens with zero attached hydrogens (tertiary/aromatic N) is 1. The number of carbonyl (C=O) groups is 2. The normalized spacial score (nSPS) is 16.1. The minimum Gasteiger partial charge on any atom is -0.444 e. The molecule has 0 unspecified atom stereocenters. The van der Waals surface area contributed by atoms with Gasteiger partial charge >= 0.3 is 16.4 Å². The maximum Gasteiger partial charge on any atom is 0.407 e. The summed E-state index contributed by atoms with van der Waals surface area (Å²) in [5.41, 5.74) is 0.0250. The van der Waals surface area contributed by atoms with Gasteiger partial charge in [-0.2, -0.15) is 8.42 Å². The van der Waals surface area contributed by atoms with Crippen LogP contribution in [0.5, 0.6) is 0 Å². The first-order valence-electron chi connectivity index (χ1n) is 10.3. The van der Waals surface area contributed by atoms with Gasteiger partial charge in [-0.3, -0.25) is 19.0 Å². The SMILES string of the molecule is CC(C)(C)OC(=O)NC[C@@H](C(=O)NCCN1CCOCC1)c1ccc(NS(=O)(=O)O)cc1. The Balaban J connectivity index is 2.03. The van der Waals surface area contributed by atoms with Gasteiger partial charge in [-0.05, 0) is 38.5 Å². The lowest BCUT2D eigenvalue weighted by Crippen LogP contribution is -2.44. The fraction of sp³-hybridized carbons (Fsp3) is 0.600. The van der Waals surface area contributed by atoms with Crippen molar-refractivity contribution < 1.29 is 32.0 Å². The van der Waals surface area contributed by atoms with Crippen LogP contribution in [-0.4, -0.2) is 81.4 Å². The van der Waals surface area contributed by atoms with E-state index in [-0.39, 0.29) is 18.1 Å². The Morgan fingerprint density at radius 1 is 1.16 bits per heavy atom. The second-order valence-corrected chi connectivity index (χ2v) is 9.53. The number of morpholine rings is 1. The highest BCUT2D eigenvalue weighted by Crippen LogP contribution is 2.19. The summed E-state index contributed by atoms with van der Waals surface area (Å²) in [6.07, 6.45) is -0.645. The third-order valence-corrected chi connectivity index (χ3v) is 5.05. The van der Waals surface area contributed by atoms with E-state index in [4.69, 9.17) is 14.0 Å². The van der Waals surface area contributed by atoms with Crippen molar-refractivity contribution in [3.8, 4) is 0 Å². The zero-order chi connectivity index (χ0) is 23.8. The Bertz CT molecular complexity index is 863. The molecule has 1 saturated heterocycles. The summed E-state index contributed by atoms with van der Waals surface area (Å²) in [7, 11) is -4.40. The average molecular weight is 473 g/mol. The molecule has 32 heavy (non-hydrogen) atoms. The van der Waals surface area contributed by atoms with Gasteiger partial charge in [0, 0.05) is 32.7 Å². The zero-order valence-corrected chi connectivity index (χ0v) is 19.4. The Morgan fingerprint density at radius 3 is 2.34 bits per heavy atom. The molecular formula is C20H32N4O7S. The van der Waals surface area contributed by atoms with Gasteiger partial charge in [0.05, 0.1) is 24.8 Å². The third kappa shape index (κ3) is 9.81. The molecule has 0 radical (unpaired) electrons. The molecule has 11 nitrogen and oxygen atoms in total. The number of anilines is 1. The topological polar surface area (TPSA) is 146 Å². The molecule has 1 heterocycles. The standard InChI is InChI=1S/C20H32N4O7S/c1-20(2,3)31-19(26)22-14-17(15-4-6-16(7-5-15)23-32(27,28)29)18(25)21-8-9-24-10-12-30-13-11-24/h4-7,17,23H,8-14H2,1-3H3,(H,21,25)(H,22,26)(H,27,28,29)/t17-/m1/s1. The summed E-state index contributed by atoms with van der Waals surface area (Å²) in [6.45, 7) is 9.27. The lowest BCUT2D eigenvalue weighted by Gasteiger charge is -2.27. The summed E-state index contributed by atoms with van der Waals surface area (Å²) in [6, 6.07) is 5.95. The smallest absolute Gasteiger partial charge is 0.407 e. The number of carbonyl (C=O) groups excluding carboxylic acids is 2. The van der Waals surface area contributed by atoms with Gasteiger partial charge in [-0.1, -0.05) is 12.1 Å². The van der Waals surface area contributed by atoms with Crippen molar-refractivity contribution >= 4 is 28.0 Å². The van der Waals surface area contributed by atoms with Gasteiger partial charge < -0.3 is 20.1 Å². The van der Waals surface area contributed by atoms with Crippen molar-refractivity contribution in [1.82, 2.24) is 15.5 Å². The van der Waals surface area contributed by atoms with Crippen LogP contribution in [0.2, 0.25) is 0 Å². The molecule has 4 N–H and O–H groups in total. The Hall–Kier alpha value is -2.41. The largest absolute Gasteiger partial charge is 0.444 e. The maximum absolute atomic E-state index is 12.9. The van der Waals surface area contributed by atoms with Crippen LogP contribution in [0, 0.1) is 0 Å². The highest BCUT2D eigenvalue weighted by atomic mass is 32.2. The van der Waals surface area contributed by atoms with E-state index < -0.39 is 27.9 Å². The number of rotatable bonds is 9. The van der Waals surface area contributed by atoms with Crippen molar-refractivity contribution in [2.24, 2.45) is 0 Å². The van der Waals surface area contributed by atoms with Crippen molar-refractivity contribution in [3.05, 3.63) is 29.8 Å². The van der Waals surface area contributed by atoms with Crippen molar-refractivity contribution in [3.63, 3.8) is 0 Å². The van der Waals surface area contributed by atoms with Gasteiger partial charge in [0.2, 0.25) is 5.91 Å². The van der Waals surface area contributed by atoms with Crippen molar-refractivity contribution in [1.29, 1.82) is 0 Å². The molecule has 0 spiro atoms. The molecular weight excluding hydrogens is 440 g/mol. The van der Waals surface area contributed by atoms with Crippen molar-refractivity contribution in [2.75, 3.05) is 50.7 Å². The molecule has 2 amide bonds. The van der Waals surface area contributed by atoms with Crippen LogP contribution in [0.25, 0.3) is 0 Å². The maximum atomic E-state index is 12.9. The number of ether oxygens (including phenoxy) is 2. The van der Waals surface area contributed by atoms with E-state index in [0.717, 1.165) is 13.1 Å². The summed E-state index contributed by atoms with van der Waals surface area (Å²) in [5.74, 6) is -1.02. The summed E-state index contributed by atoms with van der Waals surface area (Å²) in [4.78, 5) is 27.1. The lowest BCUT2D eigenvalue weighted by atomic mass is 9.97. The van der Waals surface area contributed by atoms with E-state index in [1.165, 1.54) is 12.1 Å². The summed E-state index contributed by atoms with van der Waals surface area (Å²) >= 11 is 0. The number of hydrogen-bond donors (Lipinski definition) is 4. The quantitative estimate of drug-likeness (QED) is 0.389. The Labute approximate surface area is 188 Å². The fourth-order valence-corrected chi connectivity index (χ4v) is 3.51. The van der Waals surface area contributed by atoms with E-state index in [1.807, 2.05) is 4.72 Å². The molecule has 1 aliphatic rings. The summed E-state index contributed by atoms with van der Waals surface area (Å²) in [5, 5.41) is 5.50. The Kier molecular flexibility index (Phi) is 9.25. The van der Waals surface area contributed by atoms with E-state index in [2.05, 4.69) is 15.5 Å². The molecule has 1 atom stereocenters. The minimum atomic E-state index is -4.40. The van der Waals surface area contributed by atoms with Gasteiger partial charge in [0.1, 0.15) is 5.60 Å². The fourth-order valence-electron chi connectivity index (χ4n) is 3.08. The predicted molar refractivity (Wildman–Crippen MR) is 119 cm³/mol. The number of benzene rings is 1. The molecule has 180 valence electrons. The predicted octanol–water partition coefficient (Wildman–Crippen LogP) is 0.958. The Morgan fingerprint density at radius 2 is 1.78 bits per heavy atom. The molecule has 0 saturated carbocycles. The van der Waals surface area contributed by atoms with E-state index >= 15 is 0 Å². The molecule has 1 fully saturated rings. The van der Waals surface area contributed by atoms with E-state index in [9.17, 15) is 18.0 Å². The van der Waals surface area contributed by atoms with Gasteiger partial charge in [-0.15, -0.1) is 0 Å². The molecule has 1 aromatic carbocycles. The van der Waals surface area contributed by atoms with Crippen LogP contribution in [0.15, 0.2) is 24.3 Å². The number of nitrogens with one attached hydrogen (secondary N) is 3. The highest BCUT2D eigenvalue weighted by molar-refractivity contribution is 7.87. The monoisotopic (exact) mass is 472 g/mol. The van der Waals surface area contributed by atoms with Crippen LogP contribution >= 0.6 is 0 Å². The highest BCUT2D eigenvalue weighted by Gasteiger charge is 2.24. The van der Waals surface area contributed by atoms with Crippen LogP contribution in [0.3, 0.4) is 0 Å². The molecule has 2 rings (SSSR count). The molecule has 0 aromatic heterocycles. The average Bonchev–Trinajstić information content (AvgIpc) is 2.67. The molecule has 12 heteroatoms. The first-order chi connectivity index (χ1) is 14.9. The zero-order valence-electron chi connectivity index (χ0n) is 18.6. The second-order valence-electron chi connectivity index (χ2n) is 8.38.